The summed E-state index contributed by atoms with van der Waals surface area (Å²) in [5, 5.41) is 3.64. The SMILES string of the molecule is CCNC1CCCCC1CC(C)C. The maximum absolute atomic E-state index is 3.64. The van der Waals surface area contributed by atoms with Crippen molar-refractivity contribution in [1.29, 1.82) is 0 Å². The minimum Gasteiger partial charge on any atom is -0.314 e. The molecule has 1 nitrogen and oxygen atoms in total. The molecule has 0 aromatic heterocycles. The number of nitrogens with one attached hydrogen (secondary N) is 1. The summed E-state index contributed by atoms with van der Waals surface area (Å²) in [7, 11) is 0. The van der Waals surface area contributed by atoms with E-state index < -0.39 is 0 Å². The van der Waals surface area contributed by atoms with E-state index in [0.29, 0.717) is 0 Å². The third-order valence-electron chi connectivity index (χ3n) is 3.15. The minimum absolute atomic E-state index is 0.821. The molecule has 1 aliphatic carbocycles. The maximum Gasteiger partial charge on any atom is 0.00953 e. The van der Waals surface area contributed by atoms with E-state index in [1.54, 1.807) is 0 Å². The highest BCUT2D eigenvalue weighted by Gasteiger charge is 2.24. The Kier molecular flexibility index (Phi) is 4.79. The Bertz CT molecular complexity index is 129. The monoisotopic (exact) mass is 183 g/mol. The molecule has 0 heterocycles. The van der Waals surface area contributed by atoms with Crippen LogP contribution in [0, 0.1) is 11.8 Å². The van der Waals surface area contributed by atoms with Gasteiger partial charge in [0.15, 0.2) is 0 Å². The molecule has 13 heavy (non-hydrogen) atoms. The summed E-state index contributed by atoms with van der Waals surface area (Å²) in [5.74, 6) is 1.82. The van der Waals surface area contributed by atoms with Gasteiger partial charge in [0, 0.05) is 6.04 Å². The smallest absolute Gasteiger partial charge is 0.00953 e. The molecule has 2 atom stereocenters. The van der Waals surface area contributed by atoms with Crippen molar-refractivity contribution >= 4 is 0 Å². The highest BCUT2D eigenvalue weighted by atomic mass is 14.9. The van der Waals surface area contributed by atoms with Gasteiger partial charge in [0.25, 0.3) is 0 Å². The second kappa shape index (κ2) is 5.64. The minimum atomic E-state index is 0.821. The van der Waals surface area contributed by atoms with E-state index in [9.17, 15) is 0 Å². The van der Waals surface area contributed by atoms with E-state index in [1.807, 2.05) is 0 Å². The average Bonchev–Trinajstić information content (AvgIpc) is 2.08. The zero-order valence-corrected chi connectivity index (χ0v) is 9.47. The van der Waals surface area contributed by atoms with Crippen molar-refractivity contribution in [3.63, 3.8) is 0 Å². The Morgan fingerprint density at radius 3 is 2.54 bits per heavy atom. The topological polar surface area (TPSA) is 12.0 Å². The number of rotatable bonds is 4. The zero-order chi connectivity index (χ0) is 9.68. The maximum atomic E-state index is 3.64. The molecule has 0 aromatic rings. The van der Waals surface area contributed by atoms with Gasteiger partial charge in [0.1, 0.15) is 0 Å². The Morgan fingerprint density at radius 1 is 1.23 bits per heavy atom. The molecule has 0 saturated heterocycles. The lowest BCUT2D eigenvalue weighted by atomic mass is 9.80. The Labute approximate surface area is 83.3 Å². The highest BCUT2D eigenvalue weighted by molar-refractivity contribution is 4.81. The summed E-state index contributed by atoms with van der Waals surface area (Å²) in [6.45, 7) is 8.05. The second-order valence-electron chi connectivity index (χ2n) is 4.84. The molecule has 1 heteroatoms. The van der Waals surface area contributed by atoms with Gasteiger partial charge in [0.05, 0.1) is 0 Å². The van der Waals surface area contributed by atoms with Crippen molar-refractivity contribution in [2.75, 3.05) is 6.54 Å². The Hall–Kier alpha value is -0.0400. The molecule has 0 aromatic carbocycles. The van der Waals surface area contributed by atoms with Crippen LogP contribution in [0.2, 0.25) is 0 Å². The molecule has 2 unspecified atom stereocenters. The number of hydrogen-bond donors (Lipinski definition) is 1. The largest absolute Gasteiger partial charge is 0.314 e. The van der Waals surface area contributed by atoms with E-state index in [4.69, 9.17) is 0 Å². The standard InChI is InChI=1S/C12H25N/c1-4-13-12-8-6-5-7-11(12)9-10(2)3/h10-13H,4-9H2,1-3H3. The first-order chi connectivity index (χ1) is 6.24. The van der Waals surface area contributed by atoms with E-state index in [2.05, 4.69) is 26.1 Å². The quantitative estimate of drug-likeness (QED) is 0.706. The van der Waals surface area contributed by atoms with Crippen LogP contribution in [0.5, 0.6) is 0 Å². The molecule has 78 valence electrons. The molecule has 1 N–H and O–H groups in total. The number of hydrogen-bond acceptors (Lipinski definition) is 1. The molecular weight excluding hydrogens is 158 g/mol. The first-order valence-corrected chi connectivity index (χ1v) is 5.97. The molecule has 1 rings (SSSR count). The van der Waals surface area contributed by atoms with Crippen molar-refractivity contribution in [2.45, 2.75) is 58.9 Å². The third-order valence-corrected chi connectivity index (χ3v) is 3.15. The van der Waals surface area contributed by atoms with Gasteiger partial charge in [-0.05, 0) is 37.6 Å². The van der Waals surface area contributed by atoms with E-state index in [0.717, 1.165) is 24.4 Å². The summed E-state index contributed by atoms with van der Waals surface area (Å²) < 4.78 is 0. The first-order valence-electron chi connectivity index (χ1n) is 5.97. The van der Waals surface area contributed by atoms with Crippen molar-refractivity contribution in [1.82, 2.24) is 5.32 Å². The van der Waals surface area contributed by atoms with Crippen LogP contribution in [-0.4, -0.2) is 12.6 Å². The normalized spacial score (nSPS) is 29.5. The van der Waals surface area contributed by atoms with E-state index in [-0.39, 0.29) is 0 Å². The van der Waals surface area contributed by atoms with Crippen molar-refractivity contribution in [3.05, 3.63) is 0 Å². The van der Waals surface area contributed by atoms with Crippen LogP contribution >= 0.6 is 0 Å². The van der Waals surface area contributed by atoms with Crippen LogP contribution in [0.1, 0.15) is 52.9 Å². The van der Waals surface area contributed by atoms with Crippen LogP contribution in [0.25, 0.3) is 0 Å². The van der Waals surface area contributed by atoms with Gasteiger partial charge in [0.2, 0.25) is 0 Å². The Balaban J connectivity index is 2.36. The molecular formula is C12H25N. The fourth-order valence-corrected chi connectivity index (χ4v) is 2.63. The third kappa shape index (κ3) is 3.68. The van der Waals surface area contributed by atoms with Crippen molar-refractivity contribution in [2.24, 2.45) is 11.8 Å². The van der Waals surface area contributed by atoms with Crippen LogP contribution in [-0.2, 0) is 0 Å². The van der Waals surface area contributed by atoms with Crippen LogP contribution in [0.4, 0.5) is 0 Å². The lowest BCUT2D eigenvalue weighted by Gasteiger charge is -2.33. The van der Waals surface area contributed by atoms with Crippen molar-refractivity contribution < 1.29 is 0 Å². The second-order valence-corrected chi connectivity index (χ2v) is 4.84. The van der Waals surface area contributed by atoms with Gasteiger partial charge in [-0.3, -0.25) is 0 Å². The average molecular weight is 183 g/mol. The summed E-state index contributed by atoms with van der Waals surface area (Å²) in [4.78, 5) is 0. The summed E-state index contributed by atoms with van der Waals surface area (Å²) in [5.41, 5.74) is 0. The fraction of sp³-hybridized carbons (Fsp3) is 1.00. The molecule has 1 fully saturated rings. The molecule has 0 aliphatic heterocycles. The zero-order valence-electron chi connectivity index (χ0n) is 9.47. The summed E-state index contributed by atoms with van der Waals surface area (Å²) in [6.07, 6.45) is 7.17. The first kappa shape index (κ1) is 11.0. The van der Waals surface area contributed by atoms with Crippen molar-refractivity contribution in [3.8, 4) is 0 Å². The van der Waals surface area contributed by atoms with Crippen LogP contribution in [0.15, 0.2) is 0 Å². The lowest BCUT2D eigenvalue weighted by Crippen LogP contribution is -2.38. The molecule has 0 radical (unpaired) electrons. The highest BCUT2D eigenvalue weighted by Crippen LogP contribution is 2.29. The Morgan fingerprint density at radius 2 is 1.92 bits per heavy atom. The fourth-order valence-electron chi connectivity index (χ4n) is 2.63. The molecule has 0 amide bonds. The van der Waals surface area contributed by atoms with Gasteiger partial charge in [-0.1, -0.05) is 33.6 Å². The molecule has 1 saturated carbocycles. The molecule has 0 spiro atoms. The van der Waals surface area contributed by atoms with Gasteiger partial charge >= 0.3 is 0 Å². The van der Waals surface area contributed by atoms with Crippen LogP contribution < -0.4 is 5.32 Å². The molecule has 1 aliphatic rings. The molecule has 0 bridgehead atoms. The van der Waals surface area contributed by atoms with E-state index in [1.165, 1.54) is 32.1 Å². The van der Waals surface area contributed by atoms with Crippen LogP contribution in [0.3, 0.4) is 0 Å². The predicted octanol–water partition coefficient (Wildman–Crippen LogP) is 3.20. The van der Waals surface area contributed by atoms with Gasteiger partial charge < -0.3 is 5.32 Å². The van der Waals surface area contributed by atoms with E-state index >= 15 is 0 Å². The summed E-state index contributed by atoms with van der Waals surface area (Å²) >= 11 is 0. The van der Waals surface area contributed by atoms with Gasteiger partial charge in [-0.15, -0.1) is 0 Å². The lowest BCUT2D eigenvalue weighted by molar-refractivity contribution is 0.231. The van der Waals surface area contributed by atoms with Gasteiger partial charge in [-0.2, -0.15) is 0 Å². The van der Waals surface area contributed by atoms with Gasteiger partial charge in [-0.25, -0.2) is 0 Å². The predicted molar refractivity (Wildman–Crippen MR) is 58.9 cm³/mol. The summed E-state index contributed by atoms with van der Waals surface area (Å²) in [6, 6.07) is 0.821.